The third-order valence-electron chi connectivity index (χ3n) is 4.51. The van der Waals surface area contributed by atoms with Crippen LogP contribution in [0.3, 0.4) is 0 Å². The lowest BCUT2D eigenvalue weighted by Gasteiger charge is -2.27. The van der Waals surface area contributed by atoms with Gasteiger partial charge in [0.05, 0.1) is 0 Å². The summed E-state index contributed by atoms with van der Waals surface area (Å²) < 4.78 is 0. The summed E-state index contributed by atoms with van der Waals surface area (Å²) >= 11 is 0. The average molecular weight is 194 g/mol. The highest BCUT2D eigenvalue weighted by Crippen LogP contribution is 2.35. The third-order valence-corrected chi connectivity index (χ3v) is 4.51. The summed E-state index contributed by atoms with van der Waals surface area (Å²) in [6.45, 7) is 2.48. The summed E-state index contributed by atoms with van der Waals surface area (Å²) in [5.74, 6) is 3.20. The lowest BCUT2D eigenvalue weighted by Crippen LogP contribution is -2.14. The summed E-state index contributed by atoms with van der Waals surface area (Å²) in [6, 6.07) is 0. The Labute approximate surface area is 89.5 Å². The second-order valence-corrected chi connectivity index (χ2v) is 5.87. The maximum atomic E-state index is 2.48. The molecule has 0 aromatic rings. The van der Waals surface area contributed by atoms with Gasteiger partial charge in [-0.15, -0.1) is 0 Å². The molecular weight excluding hydrogens is 168 g/mol. The lowest BCUT2D eigenvalue weighted by molar-refractivity contribution is 0.255. The number of hydrogen-bond donors (Lipinski definition) is 0. The second-order valence-electron chi connectivity index (χ2n) is 5.87. The number of rotatable bonds is 0. The van der Waals surface area contributed by atoms with Crippen LogP contribution in [0.1, 0.15) is 71.1 Å². The van der Waals surface area contributed by atoms with Crippen LogP contribution >= 0.6 is 0 Å². The largest absolute Gasteiger partial charge is 0.0625 e. The maximum Gasteiger partial charge on any atom is -0.0412 e. The molecule has 0 N–H and O–H groups in total. The van der Waals surface area contributed by atoms with Gasteiger partial charge in [0.2, 0.25) is 0 Å². The zero-order valence-electron chi connectivity index (χ0n) is 9.80. The first-order valence-electron chi connectivity index (χ1n) is 6.84. The maximum absolute atomic E-state index is 2.48. The van der Waals surface area contributed by atoms with E-state index in [1.54, 1.807) is 19.3 Å². The Morgan fingerprint density at radius 1 is 0.643 bits per heavy atom. The smallest absolute Gasteiger partial charge is 0.0412 e. The standard InChI is InChI=1S/C14H26/c1-12-7-8-13-5-3-2-4-6-14(11-12)10-9-13/h12-14H,2-11H2,1H3. The van der Waals surface area contributed by atoms with Crippen molar-refractivity contribution in [3.8, 4) is 0 Å². The van der Waals surface area contributed by atoms with E-state index in [9.17, 15) is 0 Å². The molecule has 2 saturated carbocycles. The van der Waals surface area contributed by atoms with Crippen LogP contribution in [0.15, 0.2) is 0 Å². The van der Waals surface area contributed by atoms with Gasteiger partial charge in [0.15, 0.2) is 0 Å². The Morgan fingerprint density at radius 2 is 1.29 bits per heavy atom. The molecule has 3 unspecified atom stereocenters. The third kappa shape index (κ3) is 3.00. The Balaban J connectivity index is 1.97. The summed E-state index contributed by atoms with van der Waals surface area (Å²) in [5.41, 5.74) is 0. The van der Waals surface area contributed by atoms with Gasteiger partial charge in [-0.05, 0) is 24.2 Å². The van der Waals surface area contributed by atoms with Crippen LogP contribution in [-0.2, 0) is 0 Å². The predicted molar refractivity (Wildman–Crippen MR) is 62.3 cm³/mol. The molecule has 0 heterocycles. The molecule has 14 heavy (non-hydrogen) atoms. The van der Waals surface area contributed by atoms with Crippen LogP contribution in [0, 0.1) is 17.8 Å². The van der Waals surface area contributed by atoms with E-state index in [4.69, 9.17) is 0 Å². The zero-order valence-corrected chi connectivity index (χ0v) is 9.80. The average Bonchev–Trinajstić information content (AvgIpc) is 2.23. The molecule has 0 aliphatic heterocycles. The van der Waals surface area contributed by atoms with Crippen molar-refractivity contribution in [2.24, 2.45) is 17.8 Å². The van der Waals surface area contributed by atoms with Crippen LogP contribution < -0.4 is 0 Å². The molecule has 0 aromatic carbocycles. The molecule has 2 fully saturated rings. The molecular formula is C14H26. The van der Waals surface area contributed by atoms with E-state index in [2.05, 4.69) is 6.92 Å². The van der Waals surface area contributed by atoms with Crippen molar-refractivity contribution in [2.45, 2.75) is 71.1 Å². The molecule has 0 amide bonds. The molecule has 2 aliphatic carbocycles. The first-order valence-corrected chi connectivity index (χ1v) is 6.84. The molecule has 0 radical (unpaired) electrons. The van der Waals surface area contributed by atoms with E-state index in [0.29, 0.717) is 0 Å². The van der Waals surface area contributed by atoms with Crippen LogP contribution in [-0.4, -0.2) is 0 Å². The summed E-state index contributed by atoms with van der Waals surface area (Å²) in [7, 11) is 0. The van der Waals surface area contributed by atoms with E-state index in [0.717, 1.165) is 17.8 Å². The highest BCUT2D eigenvalue weighted by molar-refractivity contribution is 4.74. The lowest BCUT2D eigenvalue weighted by atomic mass is 9.79. The van der Waals surface area contributed by atoms with E-state index < -0.39 is 0 Å². The Bertz CT molecular complexity index is 161. The van der Waals surface area contributed by atoms with Crippen LogP contribution in [0.2, 0.25) is 0 Å². The minimum absolute atomic E-state index is 1.01. The Hall–Kier alpha value is 0. The van der Waals surface area contributed by atoms with Gasteiger partial charge >= 0.3 is 0 Å². The van der Waals surface area contributed by atoms with Crippen molar-refractivity contribution in [3.63, 3.8) is 0 Å². The quantitative estimate of drug-likeness (QED) is 0.520. The van der Waals surface area contributed by atoms with Gasteiger partial charge in [-0.3, -0.25) is 0 Å². The molecule has 3 atom stereocenters. The van der Waals surface area contributed by atoms with Crippen molar-refractivity contribution in [3.05, 3.63) is 0 Å². The first-order chi connectivity index (χ1) is 6.84. The first kappa shape index (κ1) is 10.5. The van der Waals surface area contributed by atoms with Gasteiger partial charge in [0.1, 0.15) is 0 Å². The summed E-state index contributed by atoms with van der Waals surface area (Å²) in [4.78, 5) is 0. The molecule has 0 saturated heterocycles. The summed E-state index contributed by atoms with van der Waals surface area (Å²) in [6.07, 6.45) is 15.3. The fourth-order valence-corrected chi connectivity index (χ4v) is 3.53. The van der Waals surface area contributed by atoms with Crippen LogP contribution in [0.5, 0.6) is 0 Å². The Kier molecular flexibility index (Phi) is 3.89. The minimum Gasteiger partial charge on any atom is -0.0625 e. The van der Waals surface area contributed by atoms with Crippen LogP contribution in [0.25, 0.3) is 0 Å². The van der Waals surface area contributed by atoms with E-state index in [1.165, 1.54) is 44.9 Å². The summed E-state index contributed by atoms with van der Waals surface area (Å²) in [5, 5.41) is 0. The highest BCUT2D eigenvalue weighted by atomic mass is 14.3. The molecule has 0 spiro atoms. The van der Waals surface area contributed by atoms with Crippen molar-refractivity contribution < 1.29 is 0 Å². The van der Waals surface area contributed by atoms with Gasteiger partial charge in [-0.25, -0.2) is 0 Å². The molecule has 82 valence electrons. The molecule has 0 heteroatoms. The SMILES string of the molecule is CC1CCC2CCCCCC(CC2)C1. The number of hydrogen-bond acceptors (Lipinski definition) is 0. The molecule has 2 aliphatic rings. The fourth-order valence-electron chi connectivity index (χ4n) is 3.53. The zero-order chi connectivity index (χ0) is 9.80. The molecule has 2 bridgehead atoms. The van der Waals surface area contributed by atoms with E-state index >= 15 is 0 Å². The molecule has 0 nitrogen and oxygen atoms in total. The normalized spacial score (nSPS) is 40.5. The molecule has 0 aromatic heterocycles. The van der Waals surface area contributed by atoms with Crippen molar-refractivity contribution in [2.75, 3.05) is 0 Å². The Morgan fingerprint density at radius 3 is 2.14 bits per heavy atom. The van der Waals surface area contributed by atoms with Gasteiger partial charge in [-0.1, -0.05) is 64.7 Å². The van der Waals surface area contributed by atoms with Gasteiger partial charge in [0, 0.05) is 0 Å². The van der Waals surface area contributed by atoms with Gasteiger partial charge in [0.25, 0.3) is 0 Å². The molecule has 2 rings (SSSR count). The highest BCUT2D eigenvalue weighted by Gasteiger charge is 2.21. The van der Waals surface area contributed by atoms with E-state index in [1.807, 2.05) is 0 Å². The van der Waals surface area contributed by atoms with E-state index in [-0.39, 0.29) is 0 Å². The van der Waals surface area contributed by atoms with Crippen molar-refractivity contribution in [1.29, 1.82) is 0 Å². The van der Waals surface area contributed by atoms with Crippen molar-refractivity contribution >= 4 is 0 Å². The van der Waals surface area contributed by atoms with Crippen molar-refractivity contribution in [1.82, 2.24) is 0 Å². The topological polar surface area (TPSA) is 0 Å². The van der Waals surface area contributed by atoms with Gasteiger partial charge < -0.3 is 0 Å². The fraction of sp³-hybridized carbons (Fsp3) is 1.00. The van der Waals surface area contributed by atoms with Crippen LogP contribution in [0.4, 0.5) is 0 Å². The van der Waals surface area contributed by atoms with Gasteiger partial charge in [-0.2, -0.15) is 0 Å². The predicted octanol–water partition coefficient (Wildman–Crippen LogP) is 4.78. The minimum atomic E-state index is 1.01. The monoisotopic (exact) mass is 194 g/mol. The second kappa shape index (κ2) is 5.19. The number of fused-ring (bicyclic) bond motifs is 3.